The van der Waals surface area contributed by atoms with Gasteiger partial charge in [0.15, 0.2) is 21.8 Å². The zero-order chi connectivity index (χ0) is 16.1. The predicted molar refractivity (Wildman–Crippen MR) is 82.0 cm³/mol. The van der Waals surface area contributed by atoms with Gasteiger partial charge in [0.05, 0.1) is 0 Å². The maximum Gasteiger partial charge on any atom is 0.326 e. The van der Waals surface area contributed by atoms with Gasteiger partial charge in [-0.15, -0.1) is 0 Å². The van der Waals surface area contributed by atoms with E-state index < -0.39 is 12.0 Å². The normalized spacial score (nSPS) is 11.5. The van der Waals surface area contributed by atoms with E-state index >= 15 is 0 Å². The molecule has 0 aliphatic carbocycles. The van der Waals surface area contributed by atoms with Crippen LogP contribution in [0.5, 0.6) is 0 Å². The van der Waals surface area contributed by atoms with E-state index in [1.807, 2.05) is 30.3 Å². The molecule has 1 aromatic carbocycles. The molecule has 22 heavy (non-hydrogen) atoms. The number of halogens is 2. The molecule has 2 aromatic rings. The summed E-state index contributed by atoms with van der Waals surface area (Å²) in [5, 5.41) is 20.8. The molecule has 0 aliphatic heterocycles. The first-order valence-corrected chi connectivity index (χ1v) is 6.93. The van der Waals surface area contributed by atoms with Crippen molar-refractivity contribution in [2.45, 2.75) is 12.5 Å². The molecular formula is C14H10Cl2N4O2. The zero-order valence-electron chi connectivity index (χ0n) is 11.1. The third-order valence-electron chi connectivity index (χ3n) is 2.81. The SMILES string of the molecule is N#Cc1nc(Cl)c(Cl)nc1NC(Cc1ccccc1)C(=O)O. The Balaban J connectivity index is 2.27. The number of carboxylic acids is 1. The molecule has 0 saturated carbocycles. The van der Waals surface area contributed by atoms with E-state index in [0.717, 1.165) is 5.56 Å². The number of benzene rings is 1. The van der Waals surface area contributed by atoms with Crippen LogP contribution in [0.25, 0.3) is 0 Å². The van der Waals surface area contributed by atoms with Crippen LogP contribution in [0.3, 0.4) is 0 Å². The minimum Gasteiger partial charge on any atom is -0.480 e. The van der Waals surface area contributed by atoms with Gasteiger partial charge in [-0.05, 0) is 5.56 Å². The van der Waals surface area contributed by atoms with Crippen LogP contribution in [-0.4, -0.2) is 27.1 Å². The van der Waals surface area contributed by atoms with Gasteiger partial charge in [-0.2, -0.15) is 5.26 Å². The summed E-state index contributed by atoms with van der Waals surface area (Å²) in [5.41, 5.74) is 0.711. The van der Waals surface area contributed by atoms with Gasteiger partial charge >= 0.3 is 5.97 Å². The number of aliphatic carboxylic acids is 1. The Kier molecular flexibility index (Phi) is 5.15. The molecule has 1 heterocycles. The van der Waals surface area contributed by atoms with Crippen molar-refractivity contribution in [1.82, 2.24) is 9.97 Å². The maximum atomic E-state index is 11.4. The minimum atomic E-state index is -1.08. The third-order valence-corrected chi connectivity index (χ3v) is 3.44. The zero-order valence-corrected chi connectivity index (χ0v) is 12.6. The predicted octanol–water partition coefficient (Wildman–Crippen LogP) is 2.76. The van der Waals surface area contributed by atoms with Crippen LogP contribution in [0.4, 0.5) is 5.82 Å². The highest BCUT2D eigenvalue weighted by atomic mass is 35.5. The lowest BCUT2D eigenvalue weighted by Crippen LogP contribution is -2.32. The van der Waals surface area contributed by atoms with Crippen molar-refractivity contribution in [2.75, 3.05) is 5.32 Å². The number of carbonyl (C=O) groups is 1. The van der Waals surface area contributed by atoms with E-state index in [0.29, 0.717) is 0 Å². The number of nitrogens with one attached hydrogen (secondary N) is 1. The van der Waals surface area contributed by atoms with E-state index in [2.05, 4.69) is 15.3 Å². The quantitative estimate of drug-likeness (QED) is 0.870. The highest BCUT2D eigenvalue weighted by Gasteiger charge is 2.21. The molecule has 0 radical (unpaired) electrons. The van der Waals surface area contributed by atoms with Gasteiger partial charge in [0.1, 0.15) is 12.1 Å². The van der Waals surface area contributed by atoms with Gasteiger partial charge in [-0.1, -0.05) is 53.5 Å². The fourth-order valence-electron chi connectivity index (χ4n) is 1.79. The fourth-order valence-corrected chi connectivity index (χ4v) is 2.04. The Hall–Kier alpha value is -2.36. The second-order valence-corrected chi connectivity index (χ2v) is 5.06. The smallest absolute Gasteiger partial charge is 0.326 e. The molecule has 1 atom stereocenters. The second kappa shape index (κ2) is 7.07. The number of hydrogen-bond acceptors (Lipinski definition) is 5. The van der Waals surface area contributed by atoms with Gasteiger partial charge < -0.3 is 10.4 Å². The number of nitriles is 1. The minimum absolute atomic E-state index is 0.0137. The first-order valence-electron chi connectivity index (χ1n) is 6.17. The van der Waals surface area contributed by atoms with Gasteiger partial charge in [0.25, 0.3) is 0 Å². The number of aromatic nitrogens is 2. The third kappa shape index (κ3) is 3.85. The average molecular weight is 337 g/mol. The Bertz CT molecular complexity index is 732. The summed E-state index contributed by atoms with van der Waals surface area (Å²) in [7, 11) is 0. The molecule has 1 aromatic heterocycles. The Morgan fingerprint density at radius 2 is 1.91 bits per heavy atom. The largest absolute Gasteiger partial charge is 0.480 e. The molecule has 0 bridgehead atoms. The van der Waals surface area contributed by atoms with E-state index in [1.54, 1.807) is 6.07 Å². The molecule has 0 fully saturated rings. The van der Waals surface area contributed by atoms with Gasteiger partial charge in [-0.3, -0.25) is 0 Å². The summed E-state index contributed by atoms with van der Waals surface area (Å²) in [6, 6.07) is 9.90. The van der Waals surface area contributed by atoms with Crippen molar-refractivity contribution in [3.63, 3.8) is 0 Å². The number of hydrogen-bond donors (Lipinski definition) is 2. The van der Waals surface area contributed by atoms with Crippen molar-refractivity contribution in [2.24, 2.45) is 0 Å². The van der Waals surface area contributed by atoms with Crippen LogP contribution in [-0.2, 0) is 11.2 Å². The standard InChI is InChI=1S/C14H10Cl2N4O2/c15-11-12(16)20-13(10(7-17)18-11)19-9(14(21)22)6-8-4-2-1-3-5-8/h1-5,9H,6H2,(H,19,20)(H,21,22). The molecule has 112 valence electrons. The van der Waals surface area contributed by atoms with Crippen LogP contribution in [0.15, 0.2) is 30.3 Å². The summed E-state index contributed by atoms with van der Waals surface area (Å²) >= 11 is 11.5. The van der Waals surface area contributed by atoms with Crippen molar-refractivity contribution in [1.29, 1.82) is 5.26 Å². The van der Waals surface area contributed by atoms with E-state index in [-0.39, 0.29) is 28.2 Å². The Morgan fingerprint density at radius 3 is 2.50 bits per heavy atom. The highest BCUT2D eigenvalue weighted by Crippen LogP contribution is 2.22. The summed E-state index contributed by atoms with van der Waals surface area (Å²) < 4.78 is 0. The molecule has 2 N–H and O–H groups in total. The van der Waals surface area contributed by atoms with Crippen LogP contribution < -0.4 is 5.32 Å². The van der Waals surface area contributed by atoms with Crippen LogP contribution >= 0.6 is 23.2 Å². The van der Waals surface area contributed by atoms with Crippen molar-refractivity contribution in [3.05, 3.63) is 51.9 Å². The van der Waals surface area contributed by atoms with Crippen LogP contribution in [0.1, 0.15) is 11.3 Å². The molecule has 0 spiro atoms. The number of nitrogens with zero attached hydrogens (tertiary/aromatic N) is 3. The molecule has 2 rings (SSSR count). The lowest BCUT2D eigenvalue weighted by molar-refractivity contribution is -0.137. The highest BCUT2D eigenvalue weighted by molar-refractivity contribution is 6.40. The number of rotatable bonds is 5. The molecule has 6 nitrogen and oxygen atoms in total. The van der Waals surface area contributed by atoms with Crippen molar-refractivity contribution in [3.8, 4) is 6.07 Å². The topological polar surface area (TPSA) is 98.9 Å². The monoisotopic (exact) mass is 336 g/mol. The summed E-state index contributed by atoms with van der Waals surface area (Å²) in [6.45, 7) is 0. The van der Waals surface area contributed by atoms with Gasteiger partial charge in [-0.25, -0.2) is 14.8 Å². The molecule has 8 heteroatoms. The lowest BCUT2D eigenvalue weighted by atomic mass is 10.1. The Labute approximate surface area is 136 Å². The van der Waals surface area contributed by atoms with E-state index in [9.17, 15) is 9.90 Å². The van der Waals surface area contributed by atoms with Gasteiger partial charge in [0, 0.05) is 6.42 Å². The van der Waals surface area contributed by atoms with Crippen molar-refractivity contribution >= 4 is 35.0 Å². The average Bonchev–Trinajstić information content (AvgIpc) is 2.50. The molecule has 1 unspecified atom stereocenters. The van der Waals surface area contributed by atoms with Gasteiger partial charge in [0.2, 0.25) is 0 Å². The first kappa shape index (κ1) is 16.0. The van der Waals surface area contributed by atoms with Crippen LogP contribution in [0, 0.1) is 11.3 Å². The molecular weight excluding hydrogens is 327 g/mol. The van der Waals surface area contributed by atoms with Crippen molar-refractivity contribution < 1.29 is 9.90 Å². The lowest BCUT2D eigenvalue weighted by Gasteiger charge is -2.16. The number of carboxylic acid groups (broad SMARTS) is 1. The van der Waals surface area contributed by atoms with E-state index in [1.165, 1.54) is 0 Å². The molecule has 0 amide bonds. The summed E-state index contributed by atoms with van der Waals surface area (Å²) in [6.07, 6.45) is 0.211. The summed E-state index contributed by atoms with van der Waals surface area (Å²) in [4.78, 5) is 19.1. The summed E-state index contributed by atoms with van der Waals surface area (Å²) in [5.74, 6) is -1.10. The molecule has 0 aliphatic rings. The molecule has 0 saturated heterocycles. The second-order valence-electron chi connectivity index (χ2n) is 4.34. The Morgan fingerprint density at radius 1 is 1.27 bits per heavy atom. The number of anilines is 1. The van der Waals surface area contributed by atoms with Crippen LogP contribution in [0.2, 0.25) is 10.3 Å². The maximum absolute atomic E-state index is 11.4. The first-order chi connectivity index (χ1) is 10.5. The van der Waals surface area contributed by atoms with E-state index in [4.69, 9.17) is 28.5 Å². The fraction of sp³-hybridized carbons (Fsp3) is 0.143.